The van der Waals surface area contributed by atoms with Crippen LogP contribution in [0.1, 0.15) is 56.6 Å². The summed E-state index contributed by atoms with van der Waals surface area (Å²) in [6.07, 6.45) is 2.07. The van der Waals surface area contributed by atoms with Crippen LogP contribution < -0.4 is 5.32 Å². The van der Waals surface area contributed by atoms with Gasteiger partial charge in [-0.3, -0.25) is 5.10 Å². The summed E-state index contributed by atoms with van der Waals surface area (Å²) in [5.74, 6) is 0.942. The molecule has 2 heterocycles. The van der Waals surface area contributed by atoms with Crippen LogP contribution in [0.3, 0.4) is 0 Å². The highest BCUT2D eigenvalue weighted by atomic mass is 32.2. The summed E-state index contributed by atoms with van der Waals surface area (Å²) >= 11 is 1.87. The molecule has 0 radical (unpaired) electrons. The normalized spacial score (nSPS) is 18.8. The number of amides is 2. The standard InChI is InChI=1S/C16H28N4OS/c1-11-14(12(2)19-18-11)13-7-6-9-20(13)15(21)17-8-10-22-16(3,4)5/h13H,6-10H2,1-5H3,(H,17,21)(H,18,19). The van der Waals surface area contributed by atoms with Crippen LogP contribution in [0.5, 0.6) is 0 Å². The van der Waals surface area contributed by atoms with Gasteiger partial charge in [-0.25, -0.2) is 4.79 Å². The number of likely N-dealkylation sites (tertiary alicyclic amines) is 1. The first-order valence-electron chi connectivity index (χ1n) is 7.99. The van der Waals surface area contributed by atoms with Crippen molar-refractivity contribution in [2.24, 2.45) is 0 Å². The number of aryl methyl sites for hydroxylation is 2. The number of nitrogens with zero attached hydrogens (tertiary/aromatic N) is 2. The van der Waals surface area contributed by atoms with Gasteiger partial charge < -0.3 is 10.2 Å². The highest BCUT2D eigenvalue weighted by Crippen LogP contribution is 2.34. The Hall–Kier alpha value is -1.17. The minimum atomic E-state index is 0.0528. The van der Waals surface area contributed by atoms with E-state index in [-0.39, 0.29) is 16.8 Å². The summed E-state index contributed by atoms with van der Waals surface area (Å²) in [5, 5.41) is 10.4. The van der Waals surface area contributed by atoms with E-state index in [9.17, 15) is 4.79 Å². The number of aromatic amines is 1. The fourth-order valence-electron chi connectivity index (χ4n) is 2.98. The fourth-order valence-corrected chi connectivity index (χ4v) is 3.79. The minimum Gasteiger partial charge on any atom is -0.337 e. The molecule has 1 fully saturated rings. The van der Waals surface area contributed by atoms with Gasteiger partial charge in [0, 0.05) is 34.8 Å². The van der Waals surface area contributed by atoms with Crippen LogP contribution in [-0.4, -0.2) is 44.7 Å². The second-order valence-corrected chi connectivity index (χ2v) is 8.81. The molecule has 1 aliphatic rings. The van der Waals surface area contributed by atoms with Crippen molar-refractivity contribution in [2.75, 3.05) is 18.8 Å². The molecule has 0 aliphatic carbocycles. The van der Waals surface area contributed by atoms with Crippen LogP contribution in [0.25, 0.3) is 0 Å². The molecule has 6 heteroatoms. The monoisotopic (exact) mass is 324 g/mol. The Bertz CT molecular complexity index is 501. The van der Waals surface area contributed by atoms with Crippen molar-refractivity contribution >= 4 is 17.8 Å². The van der Waals surface area contributed by atoms with Gasteiger partial charge in [0.2, 0.25) is 0 Å². The van der Waals surface area contributed by atoms with E-state index in [1.165, 1.54) is 5.56 Å². The molecule has 1 aliphatic heterocycles. The molecule has 0 spiro atoms. The van der Waals surface area contributed by atoms with Gasteiger partial charge in [-0.1, -0.05) is 20.8 Å². The fraction of sp³-hybridized carbons (Fsp3) is 0.750. The molecule has 1 atom stereocenters. The molecule has 124 valence electrons. The minimum absolute atomic E-state index is 0.0528. The predicted molar refractivity (Wildman–Crippen MR) is 92.4 cm³/mol. The number of urea groups is 1. The Morgan fingerprint density at radius 1 is 1.45 bits per heavy atom. The van der Waals surface area contributed by atoms with Gasteiger partial charge in [-0.2, -0.15) is 16.9 Å². The van der Waals surface area contributed by atoms with Crippen LogP contribution in [0.2, 0.25) is 0 Å². The summed E-state index contributed by atoms with van der Waals surface area (Å²) in [4.78, 5) is 14.4. The molecule has 22 heavy (non-hydrogen) atoms. The average Bonchev–Trinajstić information content (AvgIpc) is 3.00. The molecule has 1 aromatic heterocycles. The van der Waals surface area contributed by atoms with Gasteiger partial charge >= 0.3 is 6.03 Å². The van der Waals surface area contributed by atoms with Crippen molar-refractivity contribution < 1.29 is 4.79 Å². The SMILES string of the molecule is Cc1n[nH]c(C)c1C1CCCN1C(=O)NCCSC(C)(C)C. The number of hydrogen-bond acceptors (Lipinski definition) is 3. The van der Waals surface area contributed by atoms with E-state index in [0.717, 1.165) is 36.5 Å². The molecular weight excluding hydrogens is 296 g/mol. The van der Waals surface area contributed by atoms with E-state index in [0.29, 0.717) is 6.54 Å². The summed E-state index contributed by atoms with van der Waals surface area (Å²) in [6, 6.07) is 0.214. The Labute approximate surface area is 137 Å². The van der Waals surface area contributed by atoms with E-state index in [1.807, 2.05) is 30.5 Å². The highest BCUT2D eigenvalue weighted by molar-refractivity contribution is 8.00. The topological polar surface area (TPSA) is 61.0 Å². The highest BCUT2D eigenvalue weighted by Gasteiger charge is 2.32. The van der Waals surface area contributed by atoms with E-state index in [4.69, 9.17) is 0 Å². The number of carbonyl (C=O) groups is 1. The van der Waals surface area contributed by atoms with Gasteiger partial charge in [-0.05, 0) is 26.7 Å². The third kappa shape index (κ3) is 4.18. The summed E-state index contributed by atoms with van der Waals surface area (Å²) in [5.41, 5.74) is 3.27. The van der Waals surface area contributed by atoms with Gasteiger partial charge in [0.05, 0.1) is 11.7 Å². The van der Waals surface area contributed by atoms with Gasteiger partial charge in [0.25, 0.3) is 0 Å². The average molecular weight is 324 g/mol. The molecular formula is C16H28N4OS. The second-order valence-electron chi connectivity index (χ2n) is 6.89. The quantitative estimate of drug-likeness (QED) is 0.834. The van der Waals surface area contributed by atoms with E-state index in [2.05, 4.69) is 36.3 Å². The molecule has 2 amide bonds. The number of carbonyl (C=O) groups excluding carboxylic acids is 1. The van der Waals surface area contributed by atoms with Crippen molar-refractivity contribution in [3.8, 4) is 0 Å². The number of aromatic nitrogens is 2. The van der Waals surface area contributed by atoms with E-state index >= 15 is 0 Å². The maximum absolute atomic E-state index is 12.5. The third-order valence-corrected chi connectivity index (χ3v) is 5.22. The molecule has 0 saturated carbocycles. The number of nitrogens with one attached hydrogen (secondary N) is 2. The molecule has 1 unspecified atom stereocenters. The van der Waals surface area contributed by atoms with Crippen molar-refractivity contribution in [3.05, 3.63) is 17.0 Å². The van der Waals surface area contributed by atoms with Gasteiger partial charge in [0.1, 0.15) is 0 Å². The molecule has 1 aromatic rings. The Kier molecular flexibility index (Phi) is 5.42. The zero-order chi connectivity index (χ0) is 16.3. The van der Waals surface area contributed by atoms with Crippen molar-refractivity contribution in [1.82, 2.24) is 20.4 Å². The number of thioether (sulfide) groups is 1. The first-order valence-corrected chi connectivity index (χ1v) is 8.98. The van der Waals surface area contributed by atoms with Crippen LogP contribution in [0.15, 0.2) is 0 Å². The van der Waals surface area contributed by atoms with Crippen LogP contribution in [0.4, 0.5) is 4.79 Å². The lowest BCUT2D eigenvalue weighted by molar-refractivity contribution is 0.193. The van der Waals surface area contributed by atoms with Crippen molar-refractivity contribution in [2.45, 2.75) is 58.2 Å². The lowest BCUT2D eigenvalue weighted by Crippen LogP contribution is -2.40. The van der Waals surface area contributed by atoms with E-state index < -0.39 is 0 Å². The lowest BCUT2D eigenvalue weighted by Gasteiger charge is -2.26. The van der Waals surface area contributed by atoms with Crippen molar-refractivity contribution in [3.63, 3.8) is 0 Å². The Balaban J connectivity index is 1.92. The molecule has 0 bridgehead atoms. The summed E-state index contributed by atoms with van der Waals surface area (Å²) in [6.45, 7) is 12.2. The number of H-pyrrole nitrogens is 1. The molecule has 0 aromatic carbocycles. The largest absolute Gasteiger partial charge is 0.337 e. The molecule has 1 saturated heterocycles. The van der Waals surface area contributed by atoms with Gasteiger partial charge in [0.15, 0.2) is 0 Å². The molecule has 5 nitrogen and oxygen atoms in total. The summed E-state index contributed by atoms with van der Waals surface area (Å²) < 4.78 is 0.242. The predicted octanol–water partition coefficient (Wildman–Crippen LogP) is 3.40. The van der Waals surface area contributed by atoms with Crippen molar-refractivity contribution in [1.29, 1.82) is 0 Å². The third-order valence-electron chi connectivity index (χ3n) is 3.95. The second kappa shape index (κ2) is 6.94. The van der Waals surface area contributed by atoms with Crippen LogP contribution in [-0.2, 0) is 0 Å². The Morgan fingerprint density at radius 2 is 2.18 bits per heavy atom. The zero-order valence-corrected chi connectivity index (χ0v) is 15.1. The smallest absolute Gasteiger partial charge is 0.317 e. The van der Waals surface area contributed by atoms with Crippen LogP contribution >= 0.6 is 11.8 Å². The lowest BCUT2D eigenvalue weighted by atomic mass is 10.0. The maximum Gasteiger partial charge on any atom is 0.317 e. The number of hydrogen-bond donors (Lipinski definition) is 2. The molecule has 2 N–H and O–H groups in total. The molecule has 2 rings (SSSR count). The Morgan fingerprint density at radius 3 is 2.77 bits per heavy atom. The maximum atomic E-state index is 12.5. The number of rotatable bonds is 4. The van der Waals surface area contributed by atoms with Gasteiger partial charge in [-0.15, -0.1) is 0 Å². The van der Waals surface area contributed by atoms with E-state index in [1.54, 1.807) is 0 Å². The zero-order valence-electron chi connectivity index (χ0n) is 14.3. The summed E-state index contributed by atoms with van der Waals surface area (Å²) in [7, 11) is 0. The first-order chi connectivity index (χ1) is 10.3. The van der Waals surface area contributed by atoms with Crippen LogP contribution in [0, 0.1) is 13.8 Å². The first kappa shape index (κ1) is 17.2.